The summed E-state index contributed by atoms with van der Waals surface area (Å²) in [5.74, 6) is 1.52. The van der Waals surface area contributed by atoms with E-state index in [1.54, 1.807) is 4.52 Å². The molecule has 0 bridgehead atoms. The topological polar surface area (TPSA) is 106 Å². The van der Waals surface area contributed by atoms with Crippen molar-refractivity contribution in [2.24, 2.45) is 5.92 Å². The summed E-state index contributed by atoms with van der Waals surface area (Å²) < 4.78 is 1.56. The van der Waals surface area contributed by atoms with Crippen LogP contribution in [0.3, 0.4) is 0 Å². The molecule has 0 spiro atoms. The smallest absolute Gasteiger partial charge is 0.268 e. The molecule has 1 aliphatic carbocycles. The molecule has 3 aromatic heterocycles. The number of aliphatic hydroxyl groups is 1. The van der Waals surface area contributed by atoms with Gasteiger partial charge in [0.2, 0.25) is 0 Å². The van der Waals surface area contributed by atoms with Crippen LogP contribution in [0.15, 0.2) is 18.2 Å². The van der Waals surface area contributed by atoms with Gasteiger partial charge in [0, 0.05) is 42.4 Å². The summed E-state index contributed by atoms with van der Waals surface area (Å²) in [7, 11) is 0. The predicted molar refractivity (Wildman–Crippen MR) is 112 cm³/mol. The van der Waals surface area contributed by atoms with Crippen molar-refractivity contribution in [3.05, 3.63) is 52.3 Å². The first kappa shape index (κ1) is 19.2. The Bertz CT molecular complexity index is 1100. The number of hydrogen-bond donors (Lipinski definition) is 3. The fourth-order valence-electron chi connectivity index (χ4n) is 3.82. The van der Waals surface area contributed by atoms with E-state index < -0.39 is 0 Å². The van der Waals surface area contributed by atoms with Crippen LogP contribution in [0, 0.1) is 19.4 Å². The van der Waals surface area contributed by atoms with E-state index in [1.807, 2.05) is 25.1 Å². The van der Waals surface area contributed by atoms with Crippen molar-refractivity contribution >= 4 is 23.0 Å². The molecule has 29 heavy (non-hydrogen) atoms. The van der Waals surface area contributed by atoms with Gasteiger partial charge in [-0.25, -0.2) is 14.3 Å². The zero-order chi connectivity index (χ0) is 20.5. The molecule has 1 aliphatic rings. The second-order valence-electron chi connectivity index (χ2n) is 7.47. The number of nitrogens with zero attached hydrogens (tertiary/aromatic N) is 5. The van der Waals surface area contributed by atoms with E-state index in [2.05, 4.69) is 27.2 Å². The van der Waals surface area contributed by atoms with Crippen molar-refractivity contribution < 1.29 is 5.11 Å². The van der Waals surface area contributed by atoms with Crippen molar-refractivity contribution in [3.8, 4) is 0 Å². The lowest BCUT2D eigenvalue weighted by atomic mass is 10.2. The van der Waals surface area contributed by atoms with E-state index in [0.717, 1.165) is 35.5 Å². The summed E-state index contributed by atoms with van der Waals surface area (Å²) >= 11 is 0. The molecule has 0 aliphatic heterocycles. The number of anilines is 2. The number of hydrogen-bond acceptors (Lipinski definition) is 6. The highest BCUT2D eigenvalue weighted by Crippen LogP contribution is 2.46. The second kappa shape index (κ2) is 7.68. The third kappa shape index (κ3) is 3.49. The maximum Gasteiger partial charge on any atom is 0.268 e. The van der Waals surface area contributed by atoms with Crippen LogP contribution in [0.1, 0.15) is 41.9 Å². The van der Waals surface area contributed by atoms with E-state index >= 15 is 0 Å². The summed E-state index contributed by atoms with van der Waals surface area (Å²) in [4.78, 5) is 13.0. The van der Waals surface area contributed by atoms with E-state index in [-0.39, 0.29) is 12.3 Å². The molecule has 3 aromatic rings. The van der Waals surface area contributed by atoms with E-state index in [9.17, 15) is 5.11 Å². The number of pyridine rings is 1. The Balaban J connectivity index is 1.53. The number of aryl methyl sites for hydroxylation is 2. The van der Waals surface area contributed by atoms with Crippen molar-refractivity contribution in [2.45, 2.75) is 39.0 Å². The van der Waals surface area contributed by atoms with Crippen molar-refractivity contribution in [1.29, 1.82) is 0 Å². The number of aromatic nitrogens is 4. The molecule has 4 N–H and O–H groups in total. The van der Waals surface area contributed by atoms with Crippen molar-refractivity contribution in [3.63, 3.8) is 0 Å². The number of rotatable bonds is 7. The Hall–Kier alpha value is -3.18. The minimum Gasteiger partial charge on any atom is -0.396 e. The van der Waals surface area contributed by atoms with Gasteiger partial charge >= 0.3 is 0 Å². The maximum absolute atomic E-state index is 9.28. The minimum atomic E-state index is 0.223. The molecule has 8 heteroatoms. The highest BCUT2D eigenvalue weighted by molar-refractivity contribution is 5.80. The molecule has 0 amide bonds. The summed E-state index contributed by atoms with van der Waals surface area (Å²) in [6.07, 6.45) is 2.51. The number of fused-ring (bicyclic) bond motifs is 1. The Morgan fingerprint density at radius 3 is 2.90 bits per heavy atom. The maximum atomic E-state index is 9.28. The standard InChI is InChI=1S/C21H25N7O/c1-4-15-12(2)27-28-19(22)18(23-3)20(26-21(15)28)24-9-8-14-6-5-7-17(25-14)16-10-13(16)11-29/h5-7,13,16,29H,4,8-11,22H2,1-2H3,(H,24,26). The van der Waals surface area contributed by atoms with Gasteiger partial charge in [-0.1, -0.05) is 13.0 Å². The first-order valence-electron chi connectivity index (χ1n) is 9.93. The lowest BCUT2D eigenvalue weighted by Gasteiger charge is -2.11. The van der Waals surface area contributed by atoms with Crippen LogP contribution < -0.4 is 11.1 Å². The third-order valence-electron chi connectivity index (χ3n) is 5.57. The summed E-state index contributed by atoms with van der Waals surface area (Å²) in [6.45, 7) is 12.3. The first-order valence-corrected chi connectivity index (χ1v) is 9.93. The van der Waals surface area contributed by atoms with Crippen LogP contribution in [-0.2, 0) is 12.8 Å². The van der Waals surface area contributed by atoms with Gasteiger partial charge in [0.25, 0.3) is 5.69 Å². The molecule has 0 radical (unpaired) electrons. The molecule has 4 rings (SSSR count). The van der Waals surface area contributed by atoms with Crippen LogP contribution in [0.25, 0.3) is 10.5 Å². The minimum absolute atomic E-state index is 0.223. The lowest BCUT2D eigenvalue weighted by Crippen LogP contribution is -2.11. The average Bonchev–Trinajstić information content (AvgIpc) is 3.45. The highest BCUT2D eigenvalue weighted by atomic mass is 16.3. The monoisotopic (exact) mass is 391 g/mol. The van der Waals surface area contributed by atoms with Crippen LogP contribution in [-0.4, -0.2) is 37.8 Å². The predicted octanol–water partition coefficient (Wildman–Crippen LogP) is 2.88. The van der Waals surface area contributed by atoms with Gasteiger partial charge in [0.1, 0.15) is 11.6 Å². The summed E-state index contributed by atoms with van der Waals surface area (Å²) in [5, 5.41) is 17.0. The molecular formula is C21H25N7O. The second-order valence-corrected chi connectivity index (χ2v) is 7.47. The van der Waals surface area contributed by atoms with Gasteiger partial charge in [-0.05, 0) is 37.8 Å². The van der Waals surface area contributed by atoms with Gasteiger partial charge in [-0.2, -0.15) is 5.10 Å². The van der Waals surface area contributed by atoms with E-state index in [1.165, 1.54) is 0 Å². The lowest BCUT2D eigenvalue weighted by molar-refractivity contribution is 0.273. The summed E-state index contributed by atoms with van der Waals surface area (Å²) in [6, 6.07) is 6.04. The SMILES string of the molecule is [C-]#[N+]c1c(NCCc2cccc(C3CC3CO)n2)nc2c(CC)c(C)nn2c1N. The van der Waals surface area contributed by atoms with Gasteiger partial charge < -0.3 is 16.2 Å². The fourth-order valence-corrected chi connectivity index (χ4v) is 3.82. The molecule has 150 valence electrons. The Labute approximate surface area is 169 Å². The van der Waals surface area contributed by atoms with Crippen molar-refractivity contribution in [1.82, 2.24) is 19.6 Å². The molecule has 1 fully saturated rings. The van der Waals surface area contributed by atoms with Crippen LogP contribution in [0.4, 0.5) is 17.3 Å². The zero-order valence-electron chi connectivity index (χ0n) is 16.7. The zero-order valence-corrected chi connectivity index (χ0v) is 16.7. The number of nitrogen functional groups attached to an aromatic ring is 1. The van der Waals surface area contributed by atoms with Gasteiger partial charge in [-0.3, -0.25) is 4.98 Å². The molecule has 3 heterocycles. The summed E-state index contributed by atoms with van der Waals surface area (Å²) in [5.41, 5.74) is 11.1. The molecule has 2 atom stereocenters. The Kier molecular flexibility index (Phi) is 5.07. The fraction of sp³-hybridized carbons (Fsp3) is 0.429. The molecule has 0 aromatic carbocycles. The Morgan fingerprint density at radius 1 is 1.38 bits per heavy atom. The first-order chi connectivity index (χ1) is 14.1. The molecular weight excluding hydrogens is 366 g/mol. The van der Waals surface area contributed by atoms with Crippen molar-refractivity contribution in [2.75, 3.05) is 24.2 Å². The van der Waals surface area contributed by atoms with Gasteiger partial charge in [0.05, 0.1) is 12.3 Å². The molecule has 1 saturated carbocycles. The molecule has 8 nitrogen and oxygen atoms in total. The highest BCUT2D eigenvalue weighted by Gasteiger charge is 2.38. The van der Waals surface area contributed by atoms with Gasteiger partial charge in [-0.15, -0.1) is 0 Å². The normalized spacial score (nSPS) is 18.0. The van der Waals surface area contributed by atoms with Crippen LogP contribution in [0.2, 0.25) is 0 Å². The molecule has 2 unspecified atom stereocenters. The quantitative estimate of drug-likeness (QED) is 0.535. The molecule has 0 saturated heterocycles. The third-order valence-corrected chi connectivity index (χ3v) is 5.57. The van der Waals surface area contributed by atoms with E-state index in [4.69, 9.17) is 17.3 Å². The number of aliphatic hydroxyl groups excluding tert-OH is 1. The average molecular weight is 391 g/mol. The number of nitrogens with one attached hydrogen (secondary N) is 1. The van der Waals surface area contributed by atoms with Crippen LogP contribution in [0.5, 0.6) is 0 Å². The van der Waals surface area contributed by atoms with Crippen LogP contribution >= 0.6 is 0 Å². The largest absolute Gasteiger partial charge is 0.396 e. The Morgan fingerprint density at radius 2 is 2.21 bits per heavy atom. The van der Waals surface area contributed by atoms with Gasteiger partial charge in [0.15, 0.2) is 5.65 Å². The van der Waals surface area contributed by atoms with E-state index in [0.29, 0.717) is 42.1 Å². The number of nitrogens with two attached hydrogens (primary N) is 1.